The van der Waals surface area contributed by atoms with Crippen molar-refractivity contribution in [3.63, 3.8) is 0 Å². The van der Waals surface area contributed by atoms with E-state index < -0.39 is 10.0 Å². The molecule has 1 aromatic carbocycles. The number of carbonyl (C=O) groups excluding carboxylic acids is 1. The molecule has 8 nitrogen and oxygen atoms in total. The van der Waals surface area contributed by atoms with Gasteiger partial charge in [-0.3, -0.25) is 9.52 Å². The summed E-state index contributed by atoms with van der Waals surface area (Å²) in [6.45, 7) is 4.01. The van der Waals surface area contributed by atoms with E-state index in [1.165, 1.54) is 7.11 Å². The Bertz CT molecular complexity index is 1040. The van der Waals surface area contributed by atoms with Crippen LogP contribution in [0.4, 0.5) is 11.4 Å². The number of nitrogens with one attached hydrogen (secondary N) is 1. The Morgan fingerprint density at radius 2 is 1.70 bits per heavy atom. The Balaban J connectivity index is 1.73. The lowest BCUT2D eigenvalue weighted by molar-refractivity contribution is -0.118. The number of anilines is 2. The molecule has 0 fully saturated rings. The van der Waals surface area contributed by atoms with Gasteiger partial charge in [0.1, 0.15) is 0 Å². The highest BCUT2D eigenvalue weighted by Gasteiger charge is 2.33. The lowest BCUT2D eigenvalue weighted by atomic mass is 10.00. The highest BCUT2D eigenvalue weighted by atomic mass is 32.2. The highest BCUT2D eigenvalue weighted by molar-refractivity contribution is 7.92. The SMILES string of the molecule is COc1nc(C)c(NS(=O)(=O)c2cc3c4c(c2)CCN4C(=O)CC3)c(C)n1. The van der Waals surface area contributed by atoms with E-state index in [4.69, 9.17) is 4.74 Å². The number of carbonyl (C=O) groups is 1. The fraction of sp³-hybridized carbons (Fsp3) is 0.389. The van der Waals surface area contributed by atoms with Crippen LogP contribution in [0.3, 0.4) is 0 Å². The van der Waals surface area contributed by atoms with Gasteiger partial charge in [-0.15, -0.1) is 0 Å². The molecule has 142 valence electrons. The molecule has 3 heterocycles. The standard InChI is InChI=1S/C18H20N4O4S/c1-10-16(11(2)20-18(19-10)26-3)21-27(24,25)14-8-12-4-5-15(23)22-7-6-13(9-14)17(12)22/h8-9,21H,4-7H2,1-3H3. The van der Waals surface area contributed by atoms with Crippen molar-refractivity contribution >= 4 is 27.3 Å². The molecule has 0 atom stereocenters. The summed E-state index contributed by atoms with van der Waals surface area (Å²) >= 11 is 0. The van der Waals surface area contributed by atoms with Crippen LogP contribution in [-0.2, 0) is 27.7 Å². The summed E-state index contributed by atoms with van der Waals surface area (Å²) in [6.07, 6.45) is 1.64. The Morgan fingerprint density at radius 1 is 1.07 bits per heavy atom. The molecule has 1 aromatic heterocycles. The van der Waals surface area contributed by atoms with Crippen molar-refractivity contribution < 1.29 is 17.9 Å². The number of rotatable bonds is 4. The highest BCUT2D eigenvalue weighted by Crippen LogP contribution is 2.38. The summed E-state index contributed by atoms with van der Waals surface area (Å²) in [4.78, 5) is 22.3. The summed E-state index contributed by atoms with van der Waals surface area (Å²) in [5.74, 6) is 0.108. The minimum atomic E-state index is -3.81. The predicted molar refractivity (Wildman–Crippen MR) is 99.7 cm³/mol. The molecule has 1 amide bonds. The van der Waals surface area contributed by atoms with Crippen molar-refractivity contribution in [2.75, 3.05) is 23.3 Å². The normalized spacial score (nSPS) is 15.7. The number of aromatic nitrogens is 2. The molecule has 1 N–H and O–H groups in total. The lowest BCUT2D eigenvalue weighted by Crippen LogP contribution is -2.33. The number of hydrogen-bond acceptors (Lipinski definition) is 6. The molecule has 4 rings (SSSR count). The lowest BCUT2D eigenvalue weighted by Gasteiger charge is -2.25. The van der Waals surface area contributed by atoms with E-state index in [0.717, 1.165) is 16.8 Å². The molecule has 2 aromatic rings. The third kappa shape index (κ3) is 2.91. The Kier molecular flexibility index (Phi) is 4.06. The molecule has 2 aliphatic rings. The van der Waals surface area contributed by atoms with Crippen molar-refractivity contribution in [3.05, 3.63) is 34.6 Å². The van der Waals surface area contributed by atoms with Gasteiger partial charge in [0.25, 0.3) is 10.0 Å². The summed E-state index contributed by atoms with van der Waals surface area (Å²) in [5, 5.41) is 0. The molecular formula is C18H20N4O4S. The number of hydrogen-bond donors (Lipinski definition) is 1. The topological polar surface area (TPSA) is 101 Å². The zero-order chi connectivity index (χ0) is 19.3. The first kappa shape index (κ1) is 17.7. The van der Waals surface area contributed by atoms with Gasteiger partial charge in [0.15, 0.2) is 0 Å². The number of sulfonamides is 1. The fourth-order valence-corrected chi connectivity index (χ4v) is 4.98. The van der Waals surface area contributed by atoms with E-state index in [1.807, 2.05) is 0 Å². The maximum atomic E-state index is 13.0. The average Bonchev–Trinajstić information content (AvgIpc) is 3.06. The molecule has 0 saturated heterocycles. The van der Waals surface area contributed by atoms with E-state index >= 15 is 0 Å². The van der Waals surface area contributed by atoms with E-state index in [1.54, 1.807) is 30.9 Å². The van der Waals surface area contributed by atoms with Gasteiger partial charge in [-0.25, -0.2) is 8.42 Å². The van der Waals surface area contributed by atoms with Crippen LogP contribution in [0.5, 0.6) is 6.01 Å². The second-order valence-corrected chi connectivity index (χ2v) is 8.43. The van der Waals surface area contributed by atoms with Crippen LogP contribution in [0.15, 0.2) is 17.0 Å². The molecule has 0 bridgehead atoms. The molecule has 9 heteroatoms. The summed E-state index contributed by atoms with van der Waals surface area (Å²) in [7, 11) is -2.35. The molecule has 0 aliphatic carbocycles. The van der Waals surface area contributed by atoms with Crippen LogP contribution in [0.25, 0.3) is 0 Å². The molecule has 0 unspecified atom stereocenters. The van der Waals surface area contributed by atoms with Crippen LogP contribution < -0.4 is 14.4 Å². The number of amides is 1. The van der Waals surface area contributed by atoms with Gasteiger partial charge >= 0.3 is 6.01 Å². The fourth-order valence-electron chi connectivity index (χ4n) is 3.70. The smallest absolute Gasteiger partial charge is 0.316 e. The molecule has 2 aliphatic heterocycles. The maximum Gasteiger partial charge on any atom is 0.316 e. The van der Waals surface area contributed by atoms with Gasteiger partial charge in [-0.2, -0.15) is 9.97 Å². The van der Waals surface area contributed by atoms with Crippen molar-refractivity contribution in [2.45, 2.75) is 38.0 Å². The van der Waals surface area contributed by atoms with Crippen LogP contribution in [-0.4, -0.2) is 37.9 Å². The second kappa shape index (κ2) is 6.19. The third-order valence-electron chi connectivity index (χ3n) is 5.00. The zero-order valence-corrected chi connectivity index (χ0v) is 16.2. The van der Waals surface area contributed by atoms with E-state index in [-0.39, 0.29) is 16.8 Å². The van der Waals surface area contributed by atoms with Gasteiger partial charge in [-0.05, 0) is 49.9 Å². The number of benzene rings is 1. The van der Waals surface area contributed by atoms with Crippen LogP contribution >= 0.6 is 0 Å². The molecular weight excluding hydrogens is 368 g/mol. The van der Waals surface area contributed by atoms with Crippen LogP contribution in [0.2, 0.25) is 0 Å². The first-order chi connectivity index (χ1) is 12.8. The first-order valence-electron chi connectivity index (χ1n) is 8.68. The van der Waals surface area contributed by atoms with Crippen LogP contribution in [0, 0.1) is 13.8 Å². The van der Waals surface area contributed by atoms with Gasteiger partial charge < -0.3 is 9.64 Å². The van der Waals surface area contributed by atoms with E-state index in [0.29, 0.717) is 42.9 Å². The van der Waals surface area contributed by atoms with E-state index in [2.05, 4.69) is 14.7 Å². The number of nitrogens with zero attached hydrogens (tertiary/aromatic N) is 3. The summed E-state index contributed by atoms with van der Waals surface area (Å²) in [6, 6.07) is 3.52. The number of ether oxygens (including phenoxy) is 1. The summed E-state index contributed by atoms with van der Waals surface area (Å²) < 4.78 is 33.7. The minimum Gasteiger partial charge on any atom is -0.467 e. The van der Waals surface area contributed by atoms with Crippen molar-refractivity contribution in [2.24, 2.45) is 0 Å². The maximum absolute atomic E-state index is 13.0. The quantitative estimate of drug-likeness (QED) is 0.856. The Hall–Kier alpha value is -2.68. The Morgan fingerprint density at radius 3 is 2.33 bits per heavy atom. The molecule has 0 spiro atoms. The minimum absolute atomic E-state index is 0.108. The first-order valence-corrected chi connectivity index (χ1v) is 10.2. The third-order valence-corrected chi connectivity index (χ3v) is 6.33. The molecule has 0 saturated carbocycles. The van der Waals surface area contributed by atoms with Gasteiger partial charge in [0.05, 0.1) is 34.8 Å². The van der Waals surface area contributed by atoms with Gasteiger partial charge in [-0.1, -0.05) is 0 Å². The molecule has 27 heavy (non-hydrogen) atoms. The van der Waals surface area contributed by atoms with Crippen LogP contribution in [0.1, 0.15) is 28.9 Å². The Labute approximate surface area is 157 Å². The van der Waals surface area contributed by atoms with E-state index in [9.17, 15) is 13.2 Å². The van der Waals surface area contributed by atoms with Crippen molar-refractivity contribution in [3.8, 4) is 6.01 Å². The second-order valence-electron chi connectivity index (χ2n) is 6.75. The van der Waals surface area contributed by atoms with Crippen molar-refractivity contribution in [1.29, 1.82) is 0 Å². The monoisotopic (exact) mass is 388 g/mol. The average molecular weight is 388 g/mol. The largest absolute Gasteiger partial charge is 0.467 e. The van der Waals surface area contributed by atoms with Crippen molar-refractivity contribution in [1.82, 2.24) is 9.97 Å². The summed E-state index contributed by atoms with van der Waals surface area (Å²) in [5.41, 5.74) is 4.03. The van der Waals surface area contributed by atoms with Gasteiger partial charge in [0.2, 0.25) is 5.91 Å². The number of methoxy groups -OCH3 is 1. The molecule has 0 radical (unpaired) electrons. The predicted octanol–water partition coefficient (Wildman–Crippen LogP) is 1.74. The van der Waals surface area contributed by atoms with Gasteiger partial charge in [0, 0.05) is 13.0 Å². The zero-order valence-electron chi connectivity index (χ0n) is 15.4. The number of aryl methyl sites for hydroxylation is 3.